The van der Waals surface area contributed by atoms with E-state index in [4.69, 9.17) is 17.5 Å². The Morgan fingerprint density at radius 3 is 2.00 bits per heavy atom. The van der Waals surface area contributed by atoms with Gasteiger partial charge in [-0.15, -0.1) is 0 Å². The van der Waals surface area contributed by atoms with Gasteiger partial charge in [-0.25, -0.2) is 8.42 Å². The van der Waals surface area contributed by atoms with Gasteiger partial charge in [0.05, 0.1) is 12.5 Å². The van der Waals surface area contributed by atoms with E-state index in [0.717, 1.165) is 0 Å². The van der Waals surface area contributed by atoms with Crippen LogP contribution in [0.4, 0.5) is 0 Å². The Hall–Kier alpha value is -1.60. The van der Waals surface area contributed by atoms with Crippen LogP contribution < -0.4 is 0 Å². The molecule has 0 aliphatic rings. The number of fused-ring (bicyclic) bond motifs is 3. The molecule has 0 aliphatic heterocycles. The highest BCUT2D eigenvalue weighted by molar-refractivity contribution is 7.94. The maximum Gasteiger partial charge on any atom is 0.215 e. The average molecular weight is 350 g/mol. The van der Waals surface area contributed by atoms with Crippen LogP contribution in [0, 0.1) is 0 Å². The van der Waals surface area contributed by atoms with Gasteiger partial charge >= 0.3 is 0 Å². The largest absolute Gasteiger partial charge is 0.726 e. The highest BCUT2D eigenvalue weighted by Gasteiger charge is 2.11. The predicted octanol–water partition coefficient (Wildman–Crippen LogP) is 3.38. The van der Waals surface area contributed by atoms with Gasteiger partial charge in [-0.3, -0.25) is 4.55 Å². The Bertz CT molecular complexity index is 910. The molecule has 0 fully saturated rings. The summed E-state index contributed by atoms with van der Waals surface area (Å²) >= 11 is 0. The molecule has 0 unspecified atom stereocenters. The molecule has 0 saturated carbocycles. The van der Waals surface area contributed by atoms with Gasteiger partial charge in [0.15, 0.2) is 0 Å². The van der Waals surface area contributed by atoms with Gasteiger partial charge in [-0.2, -0.15) is 0 Å². The first-order chi connectivity index (χ1) is 10.8. The Kier molecular flexibility index (Phi) is 5.64. The quantitative estimate of drug-likeness (QED) is 0.333. The van der Waals surface area contributed by atoms with Crippen molar-refractivity contribution < 1.29 is 17.5 Å². The van der Waals surface area contributed by atoms with Crippen molar-refractivity contribution in [1.29, 1.82) is 0 Å². The van der Waals surface area contributed by atoms with Gasteiger partial charge in [-0.05, 0) is 38.5 Å². The maximum atomic E-state index is 8.63. The normalized spacial score (nSPS) is 11.5. The summed E-state index contributed by atoms with van der Waals surface area (Å²) in [6.45, 7) is 0. The summed E-state index contributed by atoms with van der Waals surface area (Å²) in [7, 11) is -4.48. The van der Waals surface area contributed by atoms with Crippen LogP contribution in [0.3, 0.4) is 0 Å². The lowest BCUT2D eigenvalue weighted by Crippen LogP contribution is -2.00. The van der Waals surface area contributed by atoms with Gasteiger partial charge in [0.1, 0.15) is 5.75 Å². The van der Waals surface area contributed by atoms with Crippen LogP contribution in [0.2, 0.25) is 0 Å². The zero-order valence-electron chi connectivity index (χ0n) is 12.9. The molecule has 122 valence electrons. The summed E-state index contributed by atoms with van der Waals surface area (Å²) in [5.41, 5.74) is 1.48. The van der Waals surface area contributed by atoms with Crippen LogP contribution in [-0.2, 0) is 27.0 Å². The molecule has 3 aromatic rings. The van der Waals surface area contributed by atoms with Crippen molar-refractivity contribution in [2.75, 3.05) is 12.5 Å². The van der Waals surface area contributed by atoms with Gasteiger partial charge in [0, 0.05) is 5.56 Å². The minimum absolute atomic E-state index is 0.435. The SMILES string of the molecule is C[S+](C)Cc1cc2ccccc2c2ccccc12.O=S(=O)([O-])O. The molecule has 1 N–H and O–H groups in total. The van der Waals surface area contributed by atoms with Crippen molar-refractivity contribution in [3.8, 4) is 0 Å². The summed E-state index contributed by atoms with van der Waals surface area (Å²) in [6.07, 6.45) is 4.62. The van der Waals surface area contributed by atoms with Crippen molar-refractivity contribution in [1.82, 2.24) is 0 Å². The fraction of sp³-hybridized carbons (Fsp3) is 0.176. The molecule has 3 rings (SSSR count). The second-order valence-electron chi connectivity index (χ2n) is 5.36. The van der Waals surface area contributed by atoms with E-state index < -0.39 is 10.4 Å². The van der Waals surface area contributed by atoms with E-state index >= 15 is 0 Å². The van der Waals surface area contributed by atoms with E-state index in [2.05, 4.69) is 67.1 Å². The first-order valence-corrected chi connectivity index (χ1v) is 10.4. The monoisotopic (exact) mass is 350 g/mol. The Morgan fingerprint density at radius 1 is 0.957 bits per heavy atom. The zero-order valence-corrected chi connectivity index (χ0v) is 14.5. The Balaban J connectivity index is 0.000000338. The summed E-state index contributed by atoms with van der Waals surface area (Å²) < 4.78 is 32.8. The van der Waals surface area contributed by atoms with Gasteiger partial charge < -0.3 is 4.55 Å². The lowest BCUT2D eigenvalue weighted by Gasteiger charge is -2.09. The molecule has 0 saturated heterocycles. The third kappa shape index (κ3) is 5.21. The minimum Gasteiger partial charge on any atom is -0.726 e. The second kappa shape index (κ2) is 7.31. The second-order valence-corrected chi connectivity index (χ2v) is 8.48. The fourth-order valence-corrected chi connectivity index (χ4v) is 3.42. The third-order valence-electron chi connectivity index (χ3n) is 3.30. The summed E-state index contributed by atoms with van der Waals surface area (Å²) in [5.74, 6) is 1.17. The van der Waals surface area contributed by atoms with Crippen molar-refractivity contribution >= 4 is 42.8 Å². The molecular formula is C17H18O4S2. The highest BCUT2D eigenvalue weighted by Crippen LogP contribution is 2.29. The number of hydrogen-bond acceptors (Lipinski definition) is 3. The molecular weight excluding hydrogens is 332 g/mol. The van der Waals surface area contributed by atoms with Crippen LogP contribution >= 0.6 is 0 Å². The molecule has 0 aromatic heterocycles. The van der Waals surface area contributed by atoms with Crippen LogP contribution in [0.25, 0.3) is 21.5 Å². The summed E-state index contributed by atoms with van der Waals surface area (Å²) in [5, 5.41) is 5.52. The van der Waals surface area contributed by atoms with Crippen molar-refractivity contribution in [3.63, 3.8) is 0 Å². The molecule has 0 heterocycles. The molecule has 4 nitrogen and oxygen atoms in total. The minimum atomic E-state index is -4.92. The third-order valence-corrected chi connectivity index (χ3v) is 4.19. The van der Waals surface area contributed by atoms with Crippen molar-refractivity contribution in [2.45, 2.75) is 5.75 Å². The molecule has 0 aliphatic carbocycles. The lowest BCUT2D eigenvalue weighted by atomic mass is 9.98. The van der Waals surface area contributed by atoms with Crippen LogP contribution in [0.1, 0.15) is 5.56 Å². The smallest absolute Gasteiger partial charge is 0.215 e. The van der Waals surface area contributed by atoms with Crippen LogP contribution in [0.5, 0.6) is 0 Å². The first-order valence-electron chi connectivity index (χ1n) is 6.87. The van der Waals surface area contributed by atoms with E-state index in [-0.39, 0.29) is 0 Å². The van der Waals surface area contributed by atoms with Crippen LogP contribution in [-0.4, -0.2) is 30.0 Å². The van der Waals surface area contributed by atoms with E-state index in [9.17, 15) is 0 Å². The predicted molar refractivity (Wildman–Crippen MR) is 96.7 cm³/mol. The molecule has 23 heavy (non-hydrogen) atoms. The molecule has 0 radical (unpaired) electrons. The fourth-order valence-electron chi connectivity index (χ4n) is 2.56. The lowest BCUT2D eigenvalue weighted by molar-refractivity contribution is 0.366. The molecule has 0 bridgehead atoms. The van der Waals surface area contributed by atoms with Crippen LogP contribution in [0.15, 0.2) is 54.6 Å². The zero-order chi connectivity index (χ0) is 17.0. The molecule has 0 spiro atoms. The molecule has 0 atom stereocenters. The van der Waals surface area contributed by atoms with Gasteiger partial charge in [0.2, 0.25) is 10.4 Å². The standard InChI is InChI=1S/C17H17S.H2O4S/c1-18(2)12-14-11-13-7-3-4-8-15(13)17-10-6-5-9-16(14)17;1-5(2,3)4/h3-11H,12H2,1-2H3;(H2,1,2,3,4)/q+1;/p-1. The number of hydrogen-bond donors (Lipinski definition) is 1. The van der Waals surface area contributed by atoms with E-state index in [1.807, 2.05) is 0 Å². The van der Waals surface area contributed by atoms with E-state index in [1.54, 1.807) is 0 Å². The maximum absolute atomic E-state index is 8.63. The number of rotatable bonds is 2. The van der Waals surface area contributed by atoms with E-state index in [0.29, 0.717) is 10.9 Å². The first kappa shape index (κ1) is 17.7. The van der Waals surface area contributed by atoms with E-state index in [1.165, 1.54) is 32.9 Å². The molecule has 0 amide bonds. The highest BCUT2D eigenvalue weighted by atomic mass is 32.3. The molecule has 3 aromatic carbocycles. The number of benzene rings is 3. The Morgan fingerprint density at radius 2 is 1.43 bits per heavy atom. The van der Waals surface area contributed by atoms with Crippen molar-refractivity contribution in [2.24, 2.45) is 0 Å². The van der Waals surface area contributed by atoms with Crippen molar-refractivity contribution in [3.05, 3.63) is 60.2 Å². The average Bonchev–Trinajstić information content (AvgIpc) is 2.45. The van der Waals surface area contributed by atoms with Gasteiger partial charge in [0.25, 0.3) is 0 Å². The topological polar surface area (TPSA) is 77.4 Å². The summed E-state index contributed by atoms with van der Waals surface area (Å²) in [6, 6.07) is 19.8. The van der Waals surface area contributed by atoms with Gasteiger partial charge in [-0.1, -0.05) is 48.5 Å². The molecule has 6 heteroatoms. The Labute approximate surface area is 139 Å². The summed E-state index contributed by atoms with van der Waals surface area (Å²) in [4.78, 5) is 0.